The summed E-state index contributed by atoms with van der Waals surface area (Å²) in [6, 6.07) is -0.532. The first-order valence-corrected chi connectivity index (χ1v) is 9.35. The first-order chi connectivity index (χ1) is 12.6. The highest BCUT2D eigenvalue weighted by atomic mass is 16.2. The van der Waals surface area contributed by atoms with Crippen molar-refractivity contribution < 1.29 is 14.4 Å². The van der Waals surface area contributed by atoms with E-state index in [-0.39, 0.29) is 18.4 Å². The predicted octanol–water partition coefficient (Wildman–Crippen LogP) is 2.24. The fraction of sp³-hybridized carbons (Fsp3) is 0.500. The monoisotopic (exact) mass is 353 g/mol. The van der Waals surface area contributed by atoms with Crippen molar-refractivity contribution in [2.45, 2.75) is 25.7 Å². The first kappa shape index (κ1) is 16.9. The van der Waals surface area contributed by atoms with Crippen LogP contribution in [0.5, 0.6) is 0 Å². The van der Waals surface area contributed by atoms with E-state index in [4.69, 9.17) is 0 Å². The number of rotatable bonds is 6. The average Bonchev–Trinajstić information content (AvgIpc) is 3.26. The van der Waals surface area contributed by atoms with Crippen molar-refractivity contribution in [3.05, 3.63) is 36.5 Å². The normalized spacial score (nSPS) is 31.4. The SMILES string of the molecule is O=C(CCCN1C(=O)N=C2C=CC=CC2C1=O)NCC1CC2C=CC1C2. The quantitative estimate of drug-likeness (QED) is 0.744. The van der Waals surface area contributed by atoms with Crippen molar-refractivity contribution in [2.75, 3.05) is 13.1 Å². The highest BCUT2D eigenvalue weighted by Crippen LogP contribution is 2.42. The van der Waals surface area contributed by atoms with Crippen molar-refractivity contribution in [3.8, 4) is 0 Å². The molecule has 4 atom stereocenters. The van der Waals surface area contributed by atoms with E-state index in [2.05, 4.69) is 22.5 Å². The molecule has 136 valence electrons. The van der Waals surface area contributed by atoms with E-state index in [0.29, 0.717) is 36.3 Å². The van der Waals surface area contributed by atoms with Crippen LogP contribution in [-0.2, 0) is 9.59 Å². The van der Waals surface area contributed by atoms with Crippen molar-refractivity contribution >= 4 is 23.6 Å². The summed E-state index contributed by atoms with van der Waals surface area (Å²) < 4.78 is 0. The van der Waals surface area contributed by atoms with E-state index in [1.165, 1.54) is 12.8 Å². The lowest BCUT2D eigenvalue weighted by molar-refractivity contribution is -0.130. The molecule has 6 heteroatoms. The maximum atomic E-state index is 12.5. The molecule has 26 heavy (non-hydrogen) atoms. The molecule has 1 N–H and O–H groups in total. The maximum Gasteiger partial charge on any atom is 0.350 e. The van der Waals surface area contributed by atoms with Gasteiger partial charge in [-0.2, -0.15) is 4.99 Å². The summed E-state index contributed by atoms with van der Waals surface area (Å²) in [6.45, 7) is 0.950. The van der Waals surface area contributed by atoms with Gasteiger partial charge in [0.05, 0.1) is 11.6 Å². The summed E-state index contributed by atoms with van der Waals surface area (Å²) in [5, 5.41) is 3.01. The largest absolute Gasteiger partial charge is 0.356 e. The third-order valence-corrected chi connectivity index (χ3v) is 5.75. The Labute approximate surface area is 152 Å². The summed E-state index contributed by atoms with van der Waals surface area (Å²) in [4.78, 5) is 41.7. The molecule has 1 aliphatic heterocycles. The van der Waals surface area contributed by atoms with Crippen LogP contribution in [0.1, 0.15) is 25.7 Å². The average molecular weight is 353 g/mol. The van der Waals surface area contributed by atoms with E-state index in [1.807, 2.05) is 0 Å². The van der Waals surface area contributed by atoms with Crippen LogP contribution in [0, 0.1) is 23.7 Å². The standard InChI is InChI=1S/C20H23N3O3/c24-18(21-12-15-11-13-7-8-14(15)10-13)6-3-9-23-19(25)16-4-1-2-5-17(16)22-20(23)26/h1-2,4-5,7-8,13-16H,3,6,9-12H2,(H,21,24). The van der Waals surface area contributed by atoms with Gasteiger partial charge in [0.25, 0.3) is 0 Å². The Morgan fingerprint density at radius 1 is 1.19 bits per heavy atom. The minimum Gasteiger partial charge on any atom is -0.356 e. The van der Waals surface area contributed by atoms with E-state index < -0.39 is 11.9 Å². The number of fused-ring (bicyclic) bond motifs is 3. The number of nitrogens with zero attached hydrogens (tertiary/aromatic N) is 2. The van der Waals surface area contributed by atoms with Crippen LogP contribution in [0.15, 0.2) is 41.4 Å². The summed E-state index contributed by atoms with van der Waals surface area (Å²) in [7, 11) is 0. The summed E-state index contributed by atoms with van der Waals surface area (Å²) in [5.74, 6) is 1.13. The molecule has 0 aromatic carbocycles. The van der Waals surface area contributed by atoms with Crippen LogP contribution >= 0.6 is 0 Å². The van der Waals surface area contributed by atoms with E-state index in [9.17, 15) is 14.4 Å². The number of hydrogen-bond donors (Lipinski definition) is 1. The molecule has 4 rings (SSSR count). The number of carbonyl (C=O) groups excluding carboxylic acids is 3. The Balaban J connectivity index is 1.22. The predicted molar refractivity (Wildman–Crippen MR) is 97.4 cm³/mol. The zero-order chi connectivity index (χ0) is 18.1. The zero-order valence-corrected chi connectivity index (χ0v) is 14.6. The van der Waals surface area contributed by atoms with Gasteiger partial charge in [-0.15, -0.1) is 0 Å². The van der Waals surface area contributed by atoms with E-state index in [0.717, 1.165) is 11.4 Å². The molecule has 3 aliphatic carbocycles. The van der Waals surface area contributed by atoms with Crippen molar-refractivity contribution in [1.29, 1.82) is 0 Å². The van der Waals surface area contributed by atoms with Gasteiger partial charge in [-0.05, 0) is 43.1 Å². The zero-order valence-electron chi connectivity index (χ0n) is 14.6. The van der Waals surface area contributed by atoms with Gasteiger partial charge in [0.1, 0.15) is 0 Å². The van der Waals surface area contributed by atoms with Gasteiger partial charge >= 0.3 is 6.03 Å². The van der Waals surface area contributed by atoms with E-state index in [1.54, 1.807) is 24.3 Å². The van der Waals surface area contributed by atoms with Gasteiger partial charge in [-0.1, -0.05) is 30.4 Å². The molecule has 1 heterocycles. The smallest absolute Gasteiger partial charge is 0.350 e. The van der Waals surface area contributed by atoms with Crippen LogP contribution in [0.4, 0.5) is 4.79 Å². The second-order valence-corrected chi connectivity index (χ2v) is 7.48. The molecular formula is C20H23N3O3. The van der Waals surface area contributed by atoms with Crippen molar-refractivity contribution in [2.24, 2.45) is 28.7 Å². The molecule has 0 aromatic heterocycles. The minimum atomic E-state index is -0.532. The van der Waals surface area contributed by atoms with E-state index >= 15 is 0 Å². The highest BCUT2D eigenvalue weighted by molar-refractivity contribution is 6.21. The summed E-state index contributed by atoms with van der Waals surface area (Å²) in [6.07, 6.45) is 14.7. The van der Waals surface area contributed by atoms with Crippen molar-refractivity contribution in [1.82, 2.24) is 10.2 Å². The lowest BCUT2D eigenvalue weighted by atomic mass is 9.93. The van der Waals surface area contributed by atoms with Crippen LogP contribution in [0.25, 0.3) is 0 Å². The van der Waals surface area contributed by atoms with Crippen LogP contribution in [0.2, 0.25) is 0 Å². The molecule has 4 amide bonds. The Bertz CT molecular complexity index is 749. The summed E-state index contributed by atoms with van der Waals surface area (Å²) in [5.41, 5.74) is 0.497. The molecule has 4 unspecified atom stereocenters. The second-order valence-electron chi connectivity index (χ2n) is 7.48. The van der Waals surface area contributed by atoms with Gasteiger partial charge < -0.3 is 5.32 Å². The third-order valence-electron chi connectivity index (χ3n) is 5.75. The third kappa shape index (κ3) is 3.28. The Kier molecular flexibility index (Phi) is 4.57. The molecule has 2 bridgehead atoms. The molecule has 6 nitrogen and oxygen atoms in total. The van der Waals surface area contributed by atoms with Gasteiger partial charge in [0.2, 0.25) is 11.8 Å². The number of aliphatic imine (C=N–C) groups is 1. The maximum absolute atomic E-state index is 12.5. The fourth-order valence-corrected chi connectivity index (χ4v) is 4.35. The Morgan fingerprint density at radius 2 is 2.08 bits per heavy atom. The topological polar surface area (TPSA) is 78.8 Å². The molecule has 0 aromatic rings. The number of imide groups is 1. The molecule has 0 spiro atoms. The minimum absolute atomic E-state index is 0.0154. The van der Waals surface area contributed by atoms with Gasteiger partial charge in [0, 0.05) is 19.5 Å². The molecule has 0 saturated heterocycles. The molecule has 0 radical (unpaired) electrons. The lowest BCUT2D eigenvalue weighted by Crippen LogP contribution is -2.46. The first-order valence-electron chi connectivity index (χ1n) is 9.35. The van der Waals surface area contributed by atoms with Crippen LogP contribution in [0.3, 0.4) is 0 Å². The summed E-state index contributed by atoms with van der Waals surface area (Å²) >= 11 is 0. The van der Waals surface area contributed by atoms with Crippen molar-refractivity contribution in [3.63, 3.8) is 0 Å². The fourth-order valence-electron chi connectivity index (χ4n) is 4.35. The Hall–Kier alpha value is -2.50. The number of nitrogens with one attached hydrogen (secondary N) is 1. The molecular weight excluding hydrogens is 330 g/mol. The number of urea groups is 1. The second kappa shape index (κ2) is 7.02. The number of hydrogen-bond acceptors (Lipinski definition) is 3. The van der Waals surface area contributed by atoms with Crippen LogP contribution in [-0.4, -0.2) is 41.5 Å². The van der Waals surface area contributed by atoms with Gasteiger partial charge in [-0.25, -0.2) is 4.79 Å². The number of allylic oxidation sites excluding steroid dienone is 5. The molecule has 1 fully saturated rings. The lowest BCUT2D eigenvalue weighted by Gasteiger charge is -2.28. The number of carbonyl (C=O) groups is 3. The Morgan fingerprint density at radius 3 is 2.85 bits per heavy atom. The molecule has 4 aliphatic rings. The molecule has 1 saturated carbocycles. The highest BCUT2D eigenvalue weighted by Gasteiger charge is 2.36. The van der Waals surface area contributed by atoms with Gasteiger partial charge in [-0.3, -0.25) is 14.5 Å². The number of amides is 4. The van der Waals surface area contributed by atoms with Crippen LogP contribution < -0.4 is 5.32 Å². The van der Waals surface area contributed by atoms with Gasteiger partial charge in [0.15, 0.2) is 0 Å².